The molecule has 1 aliphatic carbocycles. The summed E-state index contributed by atoms with van der Waals surface area (Å²) in [5.74, 6) is 0. The quantitative estimate of drug-likeness (QED) is 0.149. The fraction of sp³-hybridized carbons (Fsp3) is 0.0169. The first-order valence-corrected chi connectivity index (χ1v) is 20.8. The maximum absolute atomic E-state index is 2.47. The average molecular weight is 764 g/mol. The number of benzene rings is 10. The summed E-state index contributed by atoms with van der Waals surface area (Å²) in [4.78, 5) is 2.45. The van der Waals surface area contributed by atoms with Gasteiger partial charge in [0.15, 0.2) is 0 Å². The lowest BCUT2D eigenvalue weighted by Gasteiger charge is -2.35. The largest absolute Gasteiger partial charge is 0.310 e. The van der Waals surface area contributed by atoms with Gasteiger partial charge in [0, 0.05) is 16.9 Å². The molecule has 0 aromatic heterocycles. The molecule has 0 fully saturated rings. The van der Waals surface area contributed by atoms with E-state index in [0.717, 1.165) is 17.1 Å². The van der Waals surface area contributed by atoms with E-state index in [-0.39, 0.29) is 0 Å². The Hall–Kier alpha value is -7.74. The summed E-state index contributed by atoms with van der Waals surface area (Å²) in [6, 6.07) is 91.1. The summed E-state index contributed by atoms with van der Waals surface area (Å²) in [6.45, 7) is 0. The maximum Gasteiger partial charge on any atom is 0.0714 e. The highest BCUT2D eigenvalue weighted by Crippen LogP contribution is 2.58. The molecule has 1 aliphatic rings. The van der Waals surface area contributed by atoms with Gasteiger partial charge in [-0.15, -0.1) is 0 Å². The Bertz CT molecular complexity index is 3070. The Labute approximate surface area is 352 Å². The van der Waals surface area contributed by atoms with Crippen LogP contribution in [0.3, 0.4) is 0 Å². The van der Waals surface area contributed by atoms with Gasteiger partial charge in [-0.05, 0) is 108 Å². The zero-order valence-electron chi connectivity index (χ0n) is 33.1. The number of hydrogen-bond acceptors (Lipinski definition) is 1. The van der Waals surface area contributed by atoms with Crippen LogP contribution in [-0.2, 0) is 5.41 Å². The molecule has 0 bridgehead atoms. The normalized spacial score (nSPS) is 12.5. The molecule has 282 valence electrons. The van der Waals surface area contributed by atoms with Crippen LogP contribution in [0.2, 0.25) is 0 Å². The predicted octanol–water partition coefficient (Wildman–Crippen LogP) is 15.7. The SMILES string of the molecule is c1ccc(-c2ccc(N(c3ccc4c(c3)C(c3ccccc3)(c3ccccc3)c3ccc(-c5cccc6ccccc56)cc3-4)c3ccccc3-c3ccccc3)cc2)cc1. The summed E-state index contributed by atoms with van der Waals surface area (Å²) in [7, 11) is 0. The summed E-state index contributed by atoms with van der Waals surface area (Å²) < 4.78 is 0. The Morgan fingerprint density at radius 1 is 0.283 bits per heavy atom. The first-order valence-electron chi connectivity index (χ1n) is 20.8. The highest BCUT2D eigenvalue weighted by Gasteiger charge is 2.46. The van der Waals surface area contributed by atoms with Gasteiger partial charge < -0.3 is 4.90 Å². The van der Waals surface area contributed by atoms with Crippen molar-refractivity contribution in [3.05, 3.63) is 271 Å². The molecular formula is C59H41N. The lowest BCUT2D eigenvalue weighted by atomic mass is 9.67. The van der Waals surface area contributed by atoms with Crippen LogP contribution in [-0.4, -0.2) is 0 Å². The molecule has 0 saturated heterocycles. The topological polar surface area (TPSA) is 3.24 Å². The Morgan fingerprint density at radius 2 is 0.817 bits per heavy atom. The van der Waals surface area contributed by atoms with Gasteiger partial charge in [-0.2, -0.15) is 0 Å². The molecule has 0 spiro atoms. The molecule has 0 unspecified atom stereocenters. The van der Waals surface area contributed by atoms with E-state index in [1.165, 1.54) is 77.5 Å². The van der Waals surface area contributed by atoms with Gasteiger partial charge in [0.25, 0.3) is 0 Å². The van der Waals surface area contributed by atoms with Crippen LogP contribution < -0.4 is 4.90 Å². The number of nitrogens with zero attached hydrogens (tertiary/aromatic N) is 1. The van der Waals surface area contributed by atoms with Gasteiger partial charge in [0.1, 0.15) is 0 Å². The van der Waals surface area contributed by atoms with Crippen molar-refractivity contribution in [1.29, 1.82) is 0 Å². The highest BCUT2D eigenvalue weighted by atomic mass is 15.1. The van der Waals surface area contributed by atoms with Crippen molar-refractivity contribution in [1.82, 2.24) is 0 Å². The molecule has 60 heavy (non-hydrogen) atoms. The highest BCUT2D eigenvalue weighted by molar-refractivity contribution is 5.99. The van der Waals surface area contributed by atoms with Crippen LogP contribution in [0.4, 0.5) is 17.1 Å². The van der Waals surface area contributed by atoms with E-state index in [1.807, 2.05) is 0 Å². The van der Waals surface area contributed by atoms with E-state index >= 15 is 0 Å². The number of para-hydroxylation sites is 1. The Kier molecular flexibility index (Phi) is 8.79. The van der Waals surface area contributed by atoms with Crippen LogP contribution in [0.25, 0.3) is 55.3 Å². The zero-order valence-corrected chi connectivity index (χ0v) is 33.1. The van der Waals surface area contributed by atoms with Crippen molar-refractivity contribution in [2.45, 2.75) is 5.41 Å². The first-order chi connectivity index (χ1) is 29.8. The van der Waals surface area contributed by atoms with Gasteiger partial charge in [0.05, 0.1) is 11.1 Å². The zero-order chi connectivity index (χ0) is 39.9. The second-order valence-corrected chi connectivity index (χ2v) is 15.6. The van der Waals surface area contributed by atoms with Crippen LogP contribution in [0.1, 0.15) is 22.3 Å². The molecule has 10 aromatic rings. The molecule has 11 rings (SSSR count). The maximum atomic E-state index is 2.47. The van der Waals surface area contributed by atoms with E-state index in [0.29, 0.717) is 0 Å². The van der Waals surface area contributed by atoms with Crippen LogP contribution in [0, 0.1) is 0 Å². The van der Waals surface area contributed by atoms with E-state index in [9.17, 15) is 0 Å². The number of rotatable bonds is 8. The fourth-order valence-electron chi connectivity index (χ4n) is 9.66. The molecule has 0 saturated carbocycles. The van der Waals surface area contributed by atoms with Crippen molar-refractivity contribution < 1.29 is 0 Å². The fourth-order valence-corrected chi connectivity index (χ4v) is 9.66. The minimum Gasteiger partial charge on any atom is -0.310 e. The smallest absolute Gasteiger partial charge is 0.0714 e. The van der Waals surface area contributed by atoms with Crippen molar-refractivity contribution in [2.75, 3.05) is 4.90 Å². The summed E-state index contributed by atoms with van der Waals surface area (Å²) in [5.41, 5.74) is 17.5. The molecular weight excluding hydrogens is 723 g/mol. The number of hydrogen-bond donors (Lipinski definition) is 0. The summed E-state index contributed by atoms with van der Waals surface area (Å²) in [5, 5.41) is 2.51. The second kappa shape index (κ2) is 14.9. The third-order valence-electron chi connectivity index (χ3n) is 12.4. The molecule has 1 nitrogen and oxygen atoms in total. The molecule has 0 aliphatic heterocycles. The van der Waals surface area contributed by atoms with Crippen molar-refractivity contribution in [3.8, 4) is 44.5 Å². The van der Waals surface area contributed by atoms with Gasteiger partial charge in [0.2, 0.25) is 0 Å². The van der Waals surface area contributed by atoms with Crippen molar-refractivity contribution in [3.63, 3.8) is 0 Å². The molecule has 1 heteroatoms. The van der Waals surface area contributed by atoms with Crippen molar-refractivity contribution >= 4 is 27.8 Å². The number of fused-ring (bicyclic) bond motifs is 4. The van der Waals surface area contributed by atoms with Crippen molar-refractivity contribution in [2.24, 2.45) is 0 Å². The van der Waals surface area contributed by atoms with E-state index in [1.54, 1.807) is 0 Å². The standard InChI is InChI=1S/C59H41N/c1-5-18-42(19-6-1)43-32-35-49(36-33-43)60(58-31-16-15-29-53(58)45-20-7-2-8-21-45)50-37-38-54-55-40-46(52-30-17-23-44-22-13-14-28-51(44)52)34-39-56(55)59(57(54)41-50,47-24-9-3-10-25-47)48-26-11-4-12-27-48/h1-41H. The van der Waals surface area contributed by atoms with E-state index < -0.39 is 5.41 Å². The molecule has 0 radical (unpaired) electrons. The second-order valence-electron chi connectivity index (χ2n) is 15.6. The molecule has 10 aromatic carbocycles. The Balaban J connectivity index is 1.18. The molecule has 0 N–H and O–H groups in total. The van der Waals surface area contributed by atoms with Crippen LogP contribution >= 0.6 is 0 Å². The van der Waals surface area contributed by atoms with Gasteiger partial charge in [-0.1, -0.05) is 212 Å². The minimum absolute atomic E-state index is 0.567. The van der Waals surface area contributed by atoms with Crippen LogP contribution in [0.15, 0.2) is 249 Å². The van der Waals surface area contributed by atoms with Crippen LogP contribution in [0.5, 0.6) is 0 Å². The average Bonchev–Trinajstić information content (AvgIpc) is 3.62. The third-order valence-corrected chi connectivity index (χ3v) is 12.4. The summed E-state index contributed by atoms with van der Waals surface area (Å²) in [6.07, 6.45) is 0. The molecule has 0 atom stereocenters. The van der Waals surface area contributed by atoms with Gasteiger partial charge in [-0.3, -0.25) is 0 Å². The molecule has 0 amide bonds. The lowest BCUT2D eigenvalue weighted by Crippen LogP contribution is -2.28. The van der Waals surface area contributed by atoms with Gasteiger partial charge in [-0.25, -0.2) is 0 Å². The van der Waals surface area contributed by atoms with E-state index in [4.69, 9.17) is 0 Å². The van der Waals surface area contributed by atoms with Gasteiger partial charge >= 0.3 is 0 Å². The van der Waals surface area contributed by atoms with E-state index in [2.05, 4.69) is 254 Å². The first kappa shape index (κ1) is 35.4. The minimum atomic E-state index is -0.567. The lowest BCUT2D eigenvalue weighted by molar-refractivity contribution is 0.768. The monoisotopic (exact) mass is 763 g/mol. The third kappa shape index (κ3) is 5.86. The molecule has 0 heterocycles. The predicted molar refractivity (Wildman–Crippen MR) is 252 cm³/mol. The number of anilines is 3. The Morgan fingerprint density at radius 3 is 1.53 bits per heavy atom. The summed E-state index contributed by atoms with van der Waals surface area (Å²) >= 11 is 0.